The maximum absolute atomic E-state index is 2.72. The topological polar surface area (TPSA) is 6.48 Å². The van der Waals surface area contributed by atoms with Gasteiger partial charge < -0.3 is 9.80 Å². The molecule has 0 saturated heterocycles. The lowest BCUT2D eigenvalue weighted by atomic mass is 9.33. The number of fused-ring (bicyclic) bond motifs is 7. The lowest BCUT2D eigenvalue weighted by molar-refractivity contribution is 0.402. The van der Waals surface area contributed by atoms with Crippen molar-refractivity contribution in [1.29, 1.82) is 0 Å². The Morgan fingerprint density at radius 2 is 0.841 bits per heavy atom. The van der Waals surface area contributed by atoms with Crippen LogP contribution in [0, 0.1) is 6.92 Å². The first-order chi connectivity index (χ1) is 28.8. The van der Waals surface area contributed by atoms with Gasteiger partial charge in [0.05, 0.1) is 0 Å². The van der Waals surface area contributed by atoms with Gasteiger partial charge in [-0.15, -0.1) is 0 Å². The summed E-state index contributed by atoms with van der Waals surface area (Å²) in [6, 6.07) is 30.8. The minimum atomic E-state index is -0.0814. The van der Waals surface area contributed by atoms with E-state index in [1.54, 1.807) is 0 Å². The quantitative estimate of drug-likeness (QED) is 0.160. The Kier molecular flexibility index (Phi) is 8.51. The summed E-state index contributed by atoms with van der Waals surface area (Å²) in [7, 11) is 0. The molecule has 63 heavy (non-hydrogen) atoms. The summed E-state index contributed by atoms with van der Waals surface area (Å²) in [4.78, 5) is 5.43. The zero-order valence-electron chi connectivity index (χ0n) is 42.5. The molecule has 2 nitrogen and oxygen atoms in total. The Morgan fingerprint density at radius 3 is 1.38 bits per heavy atom. The van der Waals surface area contributed by atoms with Gasteiger partial charge in [0, 0.05) is 34.1 Å². The predicted octanol–water partition coefficient (Wildman–Crippen LogP) is 14.5. The molecule has 0 fully saturated rings. The maximum Gasteiger partial charge on any atom is 0.252 e. The summed E-state index contributed by atoms with van der Waals surface area (Å²) in [6.07, 6.45) is 3.44. The molecule has 0 spiro atoms. The zero-order chi connectivity index (χ0) is 45.7. The summed E-state index contributed by atoms with van der Waals surface area (Å²) in [5.74, 6) is 0. The van der Waals surface area contributed by atoms with Crippen molar-refractivity contribution in [3.63, 3.8) is 0 Å². The van der Waals surface area contributed by atoms with Crippen LogP contribution in [-0.4, -0.2) is 6.71 Å². The van der Waals surface area contributed by atoms with Gasteiger partial charge in [-0.1, -0.05) is 155 Å². The van der Waals surface area contributed by atoms with E-state index in [4.69, 9.17) is 0 Å². The Labute approximate surface area is 382 Å². The van der Waals surface area contributed by atoms with E-state index >= 15 is 0 Å². The van der Waals surface area contributed by atoms with Crippen molar-refractivity contribution in [1.82, 2.24) is 0 Å². The fourth-order valence-corrected chi connectivity index (χ4v) is 14.4. The number of rotatable bonds is 2. The number of nitrogens with zero attached hydrogens (tertiary/aromatic N) is 2. The van der Waals surface area contributed by atoms with Crippen molar-refractivity contribution in [2.75, 3.05) is 9.80 Å². The van der Waals surface area contributed by atoms with Crippen molar-refractivity contribution in [3.05, 3.63) is 123 Å². The summed E-state index contributed by atoms with van der Waals surface area (Å²) >= 11 is 0. The van der Waals surface area contributed by atoms with E-state index in [2.05, 4.69) is 214 Å². The lowest BCUT2D eigenvalue weighted by Crippen LogP contribution is -2.62. The lowest BCUT2D eigenvalue weighted by Gasteiger charge is -2.46. The number of benzene rings is 5. The fourth-order valence-electron chi connectivity index (χ4n) is 14.4. The molecule has 0 aromatic heterocycles. The molecular weight excluding hydrogens is 759 g/mol. The van der Waals surface area contributed by atoms with Crippen LogP contribution in [-0.2, 0) is 43.3 Å². The van der Waals surface area contributed by atoms with Gasteiger partial charge in [-0.2, -0.15) is 0 Å². The second kappa shape index (κ2) is 12.6. The molecule has 0 amide bonds. The first kappa shape index (κ1) is 42.7. The molecule has 2 aliphatic heterocycles. The van der Waals surface area contributed by atoms with E-state index in [0.29, 0.717) is 0 Å². The van der Waals surface area contributed by atoms with E-state index in [1.165, 1.54) is 101 Å². The maximum atomic E-state index is 2.72. The van der Waals surface area contributed by atoms with Gasteiger partial charge in [-0.05, 0) is 178 Å². The molecule has 328 valence electrons. The molecule has 5 aromatic rings. The molecule has 3 aliphatic carbocycles. The van der Waals surface area contributed by atoms with E-state index in [-0.39, 0.29) is 50.0 Å². The Hall–Kier alpha value is -4.24. The van der Waals surface area contributed by atoms with Crippen molar-refractivity contribution in [2.45, 2.75) is 194 Å². The van der Waals surface area contributed by atoms with E-state index < -0.39 is 0 Å². The number of hydrogen-bond acceptors (Lipinski definition) is 2. The molecule has 5 aliphatic rings. The van der Waals surface area contributed by atoms with Crippen LogP contribution in [0.2, 0.25) is 0 Å². The first-order valence-electron chi connectivity index (χ1n) is 24.3. The van der Waals surface area contributed by atoms with E-state index in [9.17, 15) is 0 Å². The largest absolute Gasteiger partial charge is 0.311 e. The highest BCUT2D eigenvalue weighted by Crippen LogP contribution is 2.57. The Balaban J connectivity index is 1.36. The van der Waals surface area contributed by atoms with Crippen LogP contribution in [0.3, 0.4) is 0 Å². The molecule has 2 heterocycles. The normalized spacial score (nSPS) is 21.1. The fraction of sp³-hybridized carbons (Fsp3) is 0.500. The van der Waals surface area contributed by atoms with Crippen molar-refractivity contribution < 1.29 is 0 Å². The highest BCUT2D eigenvalue weighted by atomic mass is 15.2. The number of aryl methyl sites for hydroxylation is 1. The molecule has 5 aromatic carbocycles. The third-order valence-electron chi connectivity index (χ3n) is 16.8. The van der Waals surface area contributed by atoms with Gasteiger partial charge >= 0.3 is 0 Å². The zero-order valence-corrected chi connectivity index (χ0v) is 42.5. The number of anilines is 6. The predicted molar refractivity (Wildman–Crippen MR) is 275 cm³/mol. The average Bonchev–Trinajstić information content (AvgIpc) is 3.54. The second-order valence-electron chi connectivity index (χ2n) is 27.0. The minimum Gasteiger partial charge on any atom is -0.311 e. The van der Waals surface area contributed by atoms with Gasteiger partial charge in [-0.25, -0.2) is 0 Å². The molecule has 0 atom stereocenters. The third-order valence-corrected chi connectivity index (χ3v) is 16.8. The van der Waals surface area contributed by atoms with Crippen LogP contribution >= 0.6 is 0 Å². The SMILES string of the molecule is Cc1cc2c(cc1N1c3ccc(C(C)(C)C)cc3B3c4cc5c(cc4N(c4ccc6c(c4)C(C)(C)CC6(C)C)c4cc(C(C)(C)C)cc1c43)C(C)(C)CC5(C)C)C(C)(C)CC2(C)C. The second-order valence-corrected chi connectivity index (χ2v) is 27.0. The molecule has 0 saturated carbocycles. The first-order valence-corrected chi connectivity index (χ1v) is 24.3. The Bertz CT molecular complexity index is 2810. The smallest absolute Gasteiger partial charge is 0.252 e. The van der Waals surface area contributed by atoms with Crippen LogP contribution in [0.4, 0.5) is 34.1 Å². The number of hydrogen-bond donors (Lipinski definition) is 0. The molecule has 0 unspecified atom stereocenters. The van der Waals surface area contributed by atoms with Gasteiger partial charge in [-0.3, -0.25) is 0 Å². The summed E-state index contributed by atoms with van der Waals surface area (Å²) in [6.45, 7) is 46.4. The van der Waals surface area contributed by atoms with Crippen LogP contribution < -0.4 is 26.2 Å². The van der Waals surface area contributed by atoms with E-state index in [1.807, 2.05) is 0 Å². The van der Waals surface area contributed by atoms with Crippen molar-refractivity contribution in [2.24, 2.45) is 0 Å². The highest BCUT2D eigenvalue weighted by Gasteiger charge is 2.50. The highest BCUT2D eigenvalue weighted by molar-refractivity contribution is 7.00. The minimum absolute atomic E-state index is 0.00334. The molecule has 0 radical (unpaired) electrons. The van der Waals surface area contributed by atoms with Crippen LogP contribution in [0.5, 0.6) is 0 Å². The van der Waals surface area contributed by atoms with Crippen LogP contribution in [0.15, 0.2) is 72.8 Å². The Morgan fingerprint density at radius 1 is 0.397 bits per heavy atom. The average molecular weight is 835 g/mol. The summed E-state index contributed by atoms with van der Waals surface area (Å²) in [5, 5.41) is 0. The standard InChI is InChI=1S/C60H75BN2/c1-35-24-40-43(59(16,17)33-56(40,10)11)30-48(35)63-47-23-20-36(53(2,3)4)25-45(47)61-46-29-42-44(60(18,19)34-58(42,14)15)31-49(46)62(50-26-37(54(5,6)7)27-51(63)52(50)61)38-21-22-39-41(28-38)57(12,13)32-55(39,8)9/h20-31H,32-34H2,1-19H3. The molecule has 0 bridgehead atoms. The van der Waals surface area contributed by atoms with Crippen molar-refractivity contribution in [3.8, 4) is 0 Å². The van der Waals surface area contributed by atoms with Gasteiger partial charge in [0.1, 0.15) is 0 Å². The summed E-state index contributed by atoms with van der Waals surface area (Å²) in [5.41, 5.74) is 25.8. The van der Waals surface area contributed by atoms with Gasteiger partial charge in [0.2, 0.25) is 0 Å². The summed E-state index contributed by atoms with van der Waals surface area (Å²) < 4.78 is 0. The molecule has 0 N–H and O–H groups in total. The third kappa shape index (κ3) is 6.09. The van der Waals surface area contributed by atoms with Crippen LogP contribution in [0.1, 0.15) is 194 Å². The van der Waals surface area contributed by atoms with Gasteiger partial charge in [0.25, 0.3) is 6.71 Å². The monoisotopic (exact) mass is 835 g/mol. The van der Waals surface area contributed by atoms with Crippen LogP contribution in [0.25, 0.3) is 0 Å². The van der Waals surface area contributed by atoms with Crippen molar-refractivity contribution >= 4 is 57.2 Å². The molecule has 10 rings (SSSR count). The van der Waals surface area contributed by atoms with Gasteiger partial charge in [0.15, 0.2) is 0 Å². The molecule has 3 heteroatoms. The molecular formula is C60H75BN2. The van der Waals surface area contributed by atoms with E-state index in [0.717, 1.165) is 19.3 Å².